The molecular formula is C9H8N2O3-2. The van der Waals surface area contributed by atoms with Crippen LogP contribution in [0.15, 0.2) is 30.3 Å². The standard InChI is InChI=1S/C9H8N2O3/c12-10-6-5-9(11(13)14)7-3-1-2-4-8(7)10/h1-5,13H,6H2/q-2. The third-order valence-corrected chi connectivity index (χ3v) is 2.11. The van der Waals surface area contributed by atoms with Crippen LogP contribution in [0.4, 0.5) is 5.69 Å². The highest BCUT2D eigenvalue weighted by Crippen LogP contribution is 2.31. The zero-order chi connectivity index (χ0) is 10.1. The van der Waals surface area contributed by atoms with Gasteiger partial charge in [-0.05, 0) is 12.1 Å². The van der Waals surface area contributed by atoms with Crippen molar-refractivity contribution in [1.82, 2.24) is 5.23 Å². The molecule has 74 valence electrons. The quantitative estimate of drug-likeness (QED) is 0.683. The van der Waals surface area contributed by atoms with Crippen molar-refractivity contribution in [3.8, 4) is 0 Å². The molecule has 5 heteroatoms. The van der Waals surface area contributed by atoms with E-state index in [9.17, 15) is 10.4 Å². The molecule has 1 N–H and O–H groups in total. The highest BCUT2D eigenvalue weighted by atomic mass is 16.8. The Labute approximate surface area is 80.6 Å². The maximum Gasteiger partial charge on any atom is 0.0579 e. The van der Waals surface area contributed by atoms with Crippen LogP contribution >= 0.6 is 0 Å². The normalized spacial score (nSPS) is 14.8. The van der Waals surface area contributed by atoms with E-state index in [-0.39, 0.29) is 17.5 Å². The minimum Gasteiger partial charge on any atom is -0.758 e. The molecule has 0 spiro atoms. The lowest BCUT2D eigenvalue weighted by molar-refractivity contribution is 0.0250. The first-order chi connectivity index (χ1) is 6.70. The summed E-state index contributed by atoms with van der Waals surface area (Å²) in [6.07, 6.45) is 1.39. The summed E-state index contributed by atoms with van der Waals surface area (Å²) in [7, 11) is 0. The van der Waals surface area contributed by atoms with Crippen LogP contribution in [-0.4, -0.2) is 17.0 Å². The predicted octanol–water partition coefficient (Wildman–Crippen LogP) is 1.53. The van der Waals surface area contributed by atoms with Crippen molar-refractivity contribution < 1.29 is 5.21 Å². The lowest BCUT2D eigenvalue weighted by Crippen LogP contribution is -2.23. The fourth-order valence-corrected chi connectivity index (χ4v) is 1.47. The fourth-order valence-electron chi connectivity index (χ4n) is 1.47. The lowest BCUT2D eigenvalue weighted by atomic mass is 10.1. The molecule has 0 saturated carbocycles. The number of anilines is 1. The summed E-state index contributed by atoms with van der Waals surface area (Å²) in [5, 5.41) is 31.4. The van der Waals surface area contributed by atoms with E-state index < -0.39 is 0 Å². The zero-order valence-corrected chi connectivity index (χ0v) is 7.25. The molecule has 0 atom stereocenters. The van der Waals surface area contributed by atoms with Crippen LogP contribution < -0.4 is 5.06 Å². The van der Waals surface area contributed by atoms with E-state index in [0.717, 1.165) is 5.06 Å². The average Bonchev–Trinajstić information content (AvgIpc) is 2.18. The Morgan fingerprint density at radius 3 is 2.79 bits per heavy atom. The number of para-hydroxylation sites is 1. The Bertz CT molecular complexity index is 376. The summed E-state index contributed by atoms with van der Waals surface area (Å²) in [6.45, 7) is 0.0750. The fraction of sp³-hybridized carbons (Fsp3) is 0.111. The van der Waals surface area contributed by atoms with Gasteiger partial charge in [0.25, 0.3) is 0 Å². The van der Waals surface area contributed by atoms with Gasteiger partial charge < -0.3 is 20.7 Å². The Balaban J connectivity index is 2.51. The van der Waals surface area contributed by atoms with Crippen LogP contribution in [-0.2, 0) is 0 Å². The monoisotopic (exact) mass is 192 g/mol. The summed E-state index contributed by atoms with van der Waals surface area (Å²) >= 11 is 0. The first-order valence-electron chi connectivity index (χ1n) is 4.10. The molecule has 1 aromatic carbocycles. The van der Waals surface area contributed by atoms with Gasteiger partial charge in [0.1, 0.15) is 0 Å². The van der Waals surface area contributed by atoms with Gasteiger partial charge in [-0.1, -0.05) is 18.2 Å². The second kappa shape index (κ2) is 3.30. The molecule has 0 aromatic heterocycles. The van der Waals surface area contributed by atoms with E-state index in [1.165, 1.54) is 6.08 Å². The molecule has 1 aromatic rings. The molecule has 0 aliphatic carbocycles. The molecule has 1 heterocycles. The molecular weight excluding hydrogens is 184 g/mol. The SMILES string of the molecule is [O-]N(O)C1=CCN([O-])c2ccccc21. The summed E-state index contributed by atoms with van der Waals surface area (Å²) in [4.78, 5) is 0. The Morgan fingerprint density at radius 2 is 2.07 bits per heavy atom. The van der Waals surface area contributed by atoms with Gasteiger partial charge in [0, 0.05) is 17.8 Å². The van der Waals surface area contributed by atoms with E-state index in [0.29, 0.717) is 11.3 Å². The van der Waals surface area contributed by atoms with Gasteiger partial charge in [-0.2, -0.15) is 0 Å². The zero-order valence-electron chi connectivity index (χ0n) is 7.25. The molecule has 1 aliphatic heterocycles. The summed E-state index contributed by atoms with van der Waals surface area (Å²) in [5.74, 6) is 0. The van der Waals surface area contributed by atoms with Gasteiger partial charge >= 0.3 is 0 Å². The van der Waals surface area contributed by atoms with E-state index in [4.69, 9.17) is 5.21 Å². The van der Waals surface area contributed by atoms with Crippen molar-refractivity contribution in [2.45, 2.75) is 0 Å². The van der Waals surface area contributed by atoms with Crippen LogP contribution in [0, 0.1) is 10.4 Å². The second-order valence-electron chi connectivity index (χ2n) is 2.94. The van der Waals surface area contributed by atoms with Crippen molar-refractivity contribution in [1.29, 1.82) is 0 Å². The second-order valence-corrected chi connectivity index (χ2v) is 2.94. The minimum absolute atomic E-state index is 0.0750. The number of hydroxylamine groups is 3. The number of rotatable bonds is 1. The Kier molecular flexibility index (Phi) is 2.12. The summed E-state index contributed by atoms with van der Waals surface area (Å²) < 4.78 is 0. The van der Waals surface area contributed by atoms with Gasteiger partial charge in [-0.3, -0.25) is 5.21 Å². The molecule has 5 nitrogen and oxygen atoms in total. The molecule has 0 unspecified atom stereocenters. The highest BCUT2D eigenvalue weighted by Gasteiger charge is 2.13. The third kappa shape index (κ3) is 1.33. The van der Waals surface area contributed by atoms with Crippen molar-refractivity contribution in [3.63, 3.8) is 0 Å². The molecule has 14 heavy (non-hydrogen) atoms. The first-order valence-corrected chi connectivity index (χ1v) is 4.10. The number of hydrogen-bond donors (Lipinski definition) is 1. The molecule has 0 radical (unpaired) electrons. The van der Waals surface area contributed by atoms with Crippen molar-refractivity contribution in [3.05, 3.63) is 46.3 Å². The molecule has 0 saturated heterocycles. The Morgan fingerprint density at radius 1 is 1.36 bits per heavy atom. The largest absolute Gasteiger partial charge is 0.758 e. The van der Waals surface area contributed by atoms with Crippen LogP contribution in [0.3, 0.4) is 0 Å². The van der Waals surface area contributed by atoms with E-state index >= 15 is 0 Å². The van der Waals surface area contributed by atoms with Crippen molar-refractivity contribution >= 4 is 11.4 Å². The highest BCUT2D eigenvalue weighted by molar-refractivity contribution is 5.79. The Hall–Kier alpha value is -1.56. The van der Waals surface area contributed by atoms with E-state index in [1.54, 1.807) is 24.3 Å². The molecule has 2 rings (SSSR count). The van der Waals surface area contributed by atoms with Gasteiger partial charge in [-0.25, -0.2) is 0 Å². The summed E-state index contributed by atoms with van der Waals surface area (Å²) in [5.41, 5.74) is 0.971. The smallest absolute Gasteiger partial charge is 0.0579 e. The first kappa shape index (κ1) is 9.01. The van der Waals surface area contributed by atoms with E-state index in [1.807, 2.05) is 0 Å². The topological polar surface area (TPSA) is 72.8 Å². The minimum atomic E-state index is -0.216. The average molecular weight is 192 g/mol. The van der Waals surface area contributed by atoms with Gasteiger partial charge in [-0.15, -0.1) is 0 Å². The molecule has 0 bridgehead atoms. The van der Waals surface area contributed by atoms with Crippen molar-refractivity contribution in [2.75, 3.05) is 11.6 Å². The molecule has 0 amide bonds. The van der Waals surface area contributed by atoms with Gasteiger partial charge in [0.15, 0.2) is 0 Å². The lowest BCUT2D eigenvalue weighted by Gasteiger charge is -2.38. The maximum absolute atomic E-state index is 11.3. The third-order valence-electron chi connectivity index (χ3n) is 2.11. The number of benzene rings is 1. The van der Waals surface area contributed by atoms with E-state index in [2.05, 4.69) is 0 Å². The van der Waals surface area contributed by atoms with Crippen LogP contribution in [0.25, 0.3) is 5.70 Å². The molecule has 1 aliphatic rings. The van der Waals surface area contributed by atoms with Crippen LogP contribution in [0.5, 0.6) is 0 Å². The number of fused-ring (bicyclic) bond motifs is 1. The predicted molar refractivity (Wildman–Crippen MR) is 52.1 cm³/mol. The number of nitrogens with zero attached hydrogens (tertiary/aromatic N) is 2. The van der Waals surface area contributed by atoms with Crippen LogP contribution in [0.1, 0.15) is 5.56 Å². The number of hydrogen-bond acceptors (Lipinski definition) is 5. The summed E-state index contributed by atoms with van der Waals surface area (Å²) in [6, 6.07) is 6.64. The van der Waals surface area contributed by atoms with Crippen molar-refractivity contribution in [2.24, 2.45) is 0 Å². The van der Waals surface area contributed by atoms with Gasteiger partial charge in [0.2, 0.25) is 0 Å². The maximum atomic E-state index is 11.3. The van der Waals surface area contributed by atoms with Gasteiger partial charge in [0.05, 0.1) is 5.70 Å². The van der Waals surface area contributed by atoms with Crippen LogP contribution in [0.2, 0.25) is 0 Å². The molecule has 0 fully saturated rings.